The third-order valence-electron chi connectivity index (χ3n) is 3.41. The number of hydrogen-bond donors (Lipinski definition) is 2. The molecule has 0 bridgehead atoms. The molecule has 3 nitrogen and oxygen atoms in total. The number of benzene rings is 1. The molecule has 1 aliphatic rings. The van der Waals surface area contributed by atoms with Gasteiger partial charge in [-0.25, -0.2) is 0 Å². The van der Waals surface area contributed by atoms with Gasteiger partial charge in [0.05, 0.1) is 10.6 Å². The van der Waals surface area contributed by atoms with Crippen LogP contribution in [0, 0.1) is 5.92 Å². The summed E-state index contributed by atoms with van der Waals surface area (Å²) < 4.78 is 0. The van der Waals surface area contributed by atoms with E-state index in [1.807, 2.05) is 0 Å². The summed E-state index contributed by atoms with van der Waals surface area (Å²) in [5.74, 6) is 0.528. The molecule has 1 heterocycles. The predicted molar refractivity (Wildman–Crippen MR) is 79.0 cm³/mol. The number of carbonyl (C=O) groups is 1. The molecule has 1 amide bonds. The Kier molecular flexibility index (Phi) is 5.49. The second-order valence-corrected chi connectivity index (χ2v) is 5.72. The van der Waals surface area contributed by atoms with E-state index in [0.717, 1.165) is 19.5 Å². The van der Waals surface area contributed by atoms with E-state index < -0.39 is 0 Å². The normalized spacial score (nSPS) is 19.2. The first-order chi connectivity index (χ1) is 9.16. The molecule has 0 aliphatic carbocycles. The highest BCUT2D eigenvalue weighted by Gasteiger charge is 2.14. The predicted octanol–water partition coefficient (Wildman–Crippen LogP) is 3.11. The molecule has 1 saturated heterocycles. The molecular weight excluding hydrogens is 283 g/mol. The van der Waals surface area contributed by atoms with Gasteiger partial charge >= 0.3 is 0 Å². The molecule has 0 saturated carbocycles. The van der Waals surface area contributed by atoms with Crippen LogP contribution in [0.3, 0.4) is 0 Å². The van der Waals surface area contributed by atoms with Crippen LogP contribution in [0.5, 0.6) is 0 Å². The van der Waals surface area contributed by atoms with Gasteiger partial charge in [-0.3, -0.25) is 4.79 Å². The molecule has 1 fully saturated rings. The number of halogens is 2. The van der Waals surface area contributed by atoms with Crippen LogP contribution in [0.1, 0.15) is 29.6 Å². The van der Waals surface area contributed by atoms with E-state index in [4.69, 9.17) is 23.2 Å². The van der Waals surface area contributed by atoms with Gasteiger partial charge in [-0.1, -0.05) is 23.2 Å². The van der Waals surface area contributed by atoms with Crippen LogP contribution in [-0.2, 0) is 0 Å². The van der Waals surface area contributed by atoms with E-state index in [1.54, 1.807) is 18.2 Å². The lowest BCUT2D eigenvalue weighted by Crippen LogP contribution is -2.33. The monoisotopic (exact) mass is 300 g/mol. The van der Waals surface area contributed by atoms with Gasteiger partial charge in [0.15, 0.2) is 0 Å². The molecule has 104 valence electrons. The summed E-state index contributed by atoms with van der Waals surface area (Å²) in [4.78, 5) is 12.0. The third-order valence-corrected chi connectivity index (χ3v) is 3.96. The molecule has 0 radical (unpaired) electrons. The molecule has 2 N–H and O–H groups in total. The van der Waals surface area contributed by atoms with Crippen molar-refractivity contribution in [3.8, 4) is 0 Å². The Balaban J connectivity index is 1.80. The van der Waals surface area contributed by atoms with Gasteiger partial charge in [0.2, 0.25) is 0 Å². The summed E-state index contributed by atoms with van der Waals surface area (Å²) >= 11 is 11.8. The quantitative estimate of drug-likeness (QED) is 0.897. The summed E-state index contributed by atoms with van der Waals surface area (Å²) in [5.41, 5.74) is 0.479. The van der Waals surface area contributed by atoms with Crippen molar-refractivity contribution in [3.05, 3.63) is 33.8 Å². The van der Waals surface area contributed by atoms with Crippen molar-refractivity contribution < 1.29 is 4.79 Å². The third kappa shape index (κ3) is 4.37. The first-order valence-corrected chi connectivity index (χ1v) is 7.36. The van der Waals surface area contributed by atoms with Crippen LogP contribution in [0.25, 0.3) is 0 Å². The van der Waals surface area contributed by atoms with Gasteiger partial charge in [0.1, 0.15) is 0 Å². The Morgan fingerprint density at radius 2 is 2.26 bits per heavy atom. The van der Waals surface area contributed by atoms with Gasteiger partial charge in [0.25, 0.3) is 5.91 Å². The van der Waals surface area contributed by atoms with Gasteiger partial charge < -0.3 is 10.6 Å². The highest BCUT2D eigenvalue weighted by Crippen LogP contribution is 2.21. The van der Waals surface area contributed by atoms with Crippen molar-refractivity contribution in [2.45, 2.75) is 19.3 Å². The minimum Gasteiger partial charge on any atom is -0.352 e. The second-order valence-electron chi connectivity index (χ2n) is 4.88. The minimum atomic E-state index is -0.134. The maximum atomic E-state index is 12.0. The van der Waals surface area contributed by atoms with Crippen molar-refractivity contribution in [1.29, 1.82) is 0 Å². The first-order valence-electron chi connectivity index (χ1n) is 6.61. The zero-order valence-corrected chi connectivity index (χ0v) is 12.2. The Labute approximate surface area is 123 Å². The average molecular weight is 301 g/mol. The van der Waals surface area contributed by atoms with Crippen molar-refractivity contribution in [3.63, 3.8) is 0 Å². The summed E-state index contributed by atoms with van der Waals surface area (Å²) in [6, 6.07) is 4.92. The van der Waals surface area contributed by atoms with Gasteiger partial charge in [-0.05, 0) is 56.5 Å². The van der Waals surface area contributed by atoms with E-state index in [-0.39, 0.29) is 5.91 Å². The van der Waals surface area contributed by atoms with Crippen LogP contribution in [0.2, 0.25) is 10.0 Å². The molecule has 1 aromatic rings. The molecule has 1 aromatic carbocycles. The molecule has 1 unspecified atom stereocenters. The average Bonchev–Trinajstić information content (AvgIpc) is 2.39. The molecule has 5 heteroatoms. The largest absolute Gasteiger partial charge is 0.352 e. The van der Waals surface area contributed by atoms with Crippen LogP contribution >= 0.6 is 23.2 Å². The standard InChI is InChI=1S/C14H18Cl2N2O/c15-11-3-4-12(13(16)8-11)14(19)18-7-5-10-2-1-6-17-9-10/h3-4,8,10,17H,1-2,5-7,9H2,(H,18,19). The maximum absolute atomic E-state index is 12.0. The number of carbonyl (C=O) groups excluding carboxylic acids is 1. The molecule has 2 rings (SSSR count). The fourth-order valence-corrected chi connectivity index (χ4v) is 2.82. The number of hydrogen-bond acceptors (Lipinski definition) is 2. The minimum absolute atomic E-state index is 0.134. The Morgan fingerprint density at radius 1 is 1.42 bits per heavy atom. The van der Waals surface area contributed by atoms with Crippen LogP contribution in [-0.4, -0.2) is 25.5 Å². The fraction of sp³-hybridized carbons (Fsp3) is 0.500. The maximum Gasteiger partial charge on any atom is 0.252 e. The fourth-order valence-electron chi connectivity index (χ4n) is 2.33. The van der Waals surface area contributed by atoms with E-state index in [0.29, 0.717) is 28.1 Å². The summed E-state index contributed by atoms with van der Waals surface area (Å²) in [5, 5.41) is 7.21. The Morgan fingerprint density at radius 3 is 2.95 bits per heavy atom. The number of amides is 1. The number of rotatable bonds is 4. The van der Waals surface area contributed by atoms with Crippen LogP contribution in [0.15, 0.2) is 18.2 Å². The van der Waals surface area contributed by atoms with Crippen LogP contribution < -0.4 is 10.6 Å². The van der Waals surface area contributed by atoms with Crippen molar-refractivity contribution in [2.24, 2.45) is 5.92 Å². The van der Waals surface area contributed by atoms with E-state index in [9.17, 15) is 4.79 Å². The van der Waals surface area contributed by atoms with Crippen LogP contribution in [0.4, 0.5) is 0 Å². The molecular formula is C14H18Cl2N2O. The Hall–Kier alpha value is -0.770. The molecule has 19 heavy (non-hydrogen) atoms. The van der Waals surface area contributed by atoms with E-state index in [2.05, 4.69) is 10.6 Å². The topological polar surface area (TPSA) is 41.1 Å². The van der Waals surface area contributed by atoms with E-state index >= 15 is 0 Å². The second kappa shape index (κ2) is 7.13. The lowest BCUT2D eigenvalue weighted by Gasteiger charge is -2.22. The zero-order chi connectivity index (χ0) is 13.7. The first kappa shape index (κ1) is 14.6. The summed E-state index contributed by atoms with van der Waals surface area (Å²) in [7, 11) is 0. The number of piperidine rings is 1. The van der Waals surface area contributed by atoms with Gasteiger partial charge in [0, 0.05) is 11.6 Å². The van der Waals surface area contributed by atoms with E-state index in [1.165, 1.54) is 12.8 Å². The molecule has 1 aliphatic heterocycles. The highest BCUT2D eigenvalue weighted by molar-refractivity contribution is 6.36. The summed E-state index contributed by atoms with van der Waals surface area (Å²) in [6.45, 7) is 2.85. The van der Waals surface area contributed by atoms with Crippen molar-refractivity contribution in [2.75, 3.05) is 19.6 Å². The van der Waals surface area contributed by atoms with Crippen molar-refractivity contribution in [1.82, 2.24) is 10.6 Å². The SMILES string of the molecule is O=C(NCCC1CCCNC1)c1ccc(Cl)cc1Cl. The number of nitrogens with one attached hydrogen (secondary N) is 2. The molecule has 0 aromatic heterocycles. The lowest BCUT2D eigenvalue weighted by molar-refractivity contribution is 0.0951. The van der Waals surface area contributed by atoms with Gasteiger partial charge in [-0.15, -0.1) is 0 Å². The zero-order valence-electron chi connectivity index (χ0n) is 10.7. The molecule has 1 atom stereocenters. The van der Waals surface area contributed by atoms with Crippen molar-refractivity contribution >= 4 is 29.1 Å². The van der Waals surface area contributed by atoms with Gasteiger partial charge in [-0.2, -0.15) is 0 Å². The lowest BCUT2D eigenvalue weighted by atomic mass is 9.96. The smallest absolute Gasteiger partial charge is 0.252 e. The highest BCUT2D eigenvalue weighted by atomic mass is 35.5. The molecule has 0 spiro atoms. The summed E-state index contributed by atoms with van der Waals surface area (Å²) in [6.07, 6.45) is 3.47. The Bertz CT molecular complexity index is 445.